The van der Waals surface area contributed by atoms with Gasteiger partial charge in [0.25, 0.3) is 0 Å². The highest BCUT2D eigenvalue weighted by Crippen LogP contribution is 2.38. The highest BCUT2D eigenvalue weighted by Gasteiger charge is 2.44. The van der Waals surface area contributed by atoms with E-state index >= 15 is 0 Å². The summed E-state index contributed by atoms with van der Waals surface area (Å²) in [6.07, 6.45) is 0. The summed E-state index contributed by atoms with van der Waals surface area (Å²) < 4.78 is 26.0. The van der Waals surface area contributed by atoms with Gasteiger partial charge in [-0.15, -0.1) is 0 Å². The molecule has 106 valence electrons. The maximum Gasteiger partial charge on any atom is 0.214 e. The van der Waals surface area contributed by atoms with E-state index in [0.717, 1.165) is 11.6 Å². The van der Waals surface area contributed by atoms with E-state index < -0.39 is 18.1 Å². The molecule has 3 nitrogen and oxygen atoms in total. The molecular formula is C13H20ClNO2SSi. The molecule has 1 heterocycles. The van der Waals surface area contributed by atoms with Crippen LogP contribution in [0.2, 0.25) is 30.7 Å². The summed E-state index contributed by atoms with van der Waals surface area (Å²) in [5.41, 5.74) is 1.03. The van der Waals surface area contributed by atoms with Gasteiger partial charge in [0, 0.05) is 19.6 Å². The van der Waals surface area contributed by atoms with Crippen molar-refractivity contribution in [3.63, 3.8) is 0 Å². The predicted octanol–water partition coefficient (Wildman–Crippen LogP) is 3.36. The lowest BCUT2D eigenvalue weighted by Crippen LogP contribution is -2.26. The molecule has 19 heavy (non-hydrogen) atoms. The zero-order valence-electron chi connectivity index (χ0n) is 11.6. The van der Waals surface area contributed by atoms with E-state index in [1.54, 1.807) is 4.31 Å². The lowest BCUT2D eigenvalue weighted by atomic mass is 10.2. The molecule has 0 saturated carbocycles. The van der Waals surface area contributed by atoms with Crippen molar-refractivity contribution in [2.45, 2.75) is 31.7 Å². The van der Waals surface area contributed by atoms with Crippen molar-refractivity contribution in [2.75, 3.05) is 12.3 Å². The number of halogens is 1. The van der Waals surface area contributed by atoms with Crippen molar-refractivity contribution in [1.82, 2.24) is 4.31 Å². The number of rotatable bonds is 5. The molecule has 0 N–H and O–H groups in total. The molecule has 1 aromatic carbocycles. The molecule has 1 aliphatic rings. The molecule has 2 unspecified atom stereocenters. The topological polar surface area (TPSA) is 37.1 Å². The van der Waals surface area contributed by atoms with Crippen molar-refractivity contribution in [2.24, 2.45) is 0 Å². The second kappa shape index (κ2) is 5.20. The Bertz CT molecular complexity index is 551. The standard InChI is InChI=1S/C13H20ClNO2SSi/c1-19(2,3)9-8-18(16,17)15-10-13(15)11-4-6-12(14)7-5-11/h4-7,13H,8-10H2,1-3H3. The highest BCUT2D eigenvalue weighted by molar-refractivity contribution is 7.89. The van der Waals surface area contributed by atoms with Crippen molar-refractivity contribution in [3.8, 4) is 0 Å². The average Bonchev–Trinajstić information content (AvgIpc) is 3.07. The van der Waals surface area contributed by atoms with Crippen LogP contribution in [0.1, 0.15) is 11.6 Å². The third-order valence-corrected chi connectivity index (χ3v) is 7.49. The molecule has 1 aliphatic heterocycles. The fraction of sp³-hybridized carbons (Fsp3) is 0.538. The summed E-state index contributed by atoms with van der Waals surface area (Å²) in [5.74, 6) is 0.285. The van der Waals surface area contributed by atoms with Gasteiger partial charge in [-0.2, -0.15) is 4.31 Å². The lowest BCUT2D eigenvalue weighted by Gasteiger charge is -2.15. The maximum atomic E-state index is 12.2. The first-order valence-electron chi connectivity index (χ1n) is 6.44. The fourth-order valence-corrected chi connectivity index (χ4v) is 6.66. The van der Waals surface area contributed by atoms with E-state index in [-0.39, 0.29) is 11.8 Å². The second-order valence-electron chi connectivity index (χ2n) is 6.26. The van der Waals surface area contributed by atoms with Crippen molar-refractivity contribution >= 4 is 29.7 Å². The maximum absolute atomic E-state index is 12.2. The van der Waals surface area contributed by atoms with Gasteiger partial charge in [0.1, 0.15) is 0 Å². The monoisotopic (exact) mass is 317 g/mol. The van der Waals surface area contributed by atoms with E-state index in [1.807, 2.05) is 24.3 Å². The zero-order chi connectivity index (χ0) is 14.3. The Morgan fingerprint density at radius 3 is 2.37 bits per heavy atom. The number of hydrogen-bond acceptors (Lipinski definition) is 2. The van der Waals surface area contributed by atoms with Gasteiger partial charge in [0.15, 0.2) is 0 Å². The second-order valence-corrected chi connectivity index (χ2v) is 14.4. The molecule has 0 amide bonds. The number of hydrogen-bond donors (Lipinski definition) is 0. The largest absolute Gasteiger partial charge is 0.214 e. The summed E-state index contributed by atoms with van der Waals surface area (Å²) in [4.78, 5) is 0. The van der Waals surface area contributed by atoms with E-state index in [0.29, 0.717) is 11.6 Å². The molecular weight excluding hydrogens is 298 g/mol. The molecule has 2 atom stereocenters. The minimum absolute atomic E-state index is 0.0175. The zero-order valence-corrected chi connectivity index (χ0v) is 14.1. The lowest BCUT2D eigenvalue weighted by molar-refractivity contribution is 0.555. The van der Waals surface area contributed by atoms with Gasteiger partial charge in [0.05, 0.1) is 11.8 Å². The molecule has 2 rings (SSSR count). The molecule has 0 bridgehead atoms. The van der Waals surface area contributed by atoms with Gasteiger partial charge in [0.2, 0.25) is 10.0 Å². The smallest absolute Gasteiger partial charge is 0.212 e. The van der Waals surface area contributed by atoms with Crippen LogP contribution in [0.4, 0.5) is 0 Å². The summed E-state index contributed by atoms with van der Waals surface area (Å²) in [7, 11) is -4.41. The van der Waals surface area contributed by atoms with Crippen LogP contribution in [0.15, 0.2) is 24.3 Å². The van der Waals surface area contributed by atoms with Crippen LogP contribution in [0.25, 0.3) is 0 Å². The van der Waals surface area contributed by atoms with Gasteiger partial charge in [-0.3, -0.25) is 0 Å². The Morgan fingerprint density at radius 1 is 1.26 bits per heavy atom. The van der Waals surface area contributed by atoms with Crippen LogP contribution in [0.3, 0.4) is 0 Å². The van der Waals surface area contributed by atoms with Crippen LogP contribution in [0.5, 0.6) is 0 Å². The van der Waals surface area contributed by atoms with Gasteiger partial charge >= 0.3 is 0 Å². The van der Waals surface area contributed by atoms with E-state index in [1.165, 1.54) is 0 Å². The van der Waals surface area contributed by atoms with Crippen LogP contribution in [0, 0.1) is 0 Å². The fourth-order valence-electron chi connectivity index (χ4n) is 1.94. The van der Waals surface area contributed by atoms with Crippen molar-refractivity contribution < 1.29 is 8.42 Å². The molecule has 0 aromatic heterocycles. The first kappa shape index (κ1) is 15.0. The Morgan fingerprint density at radius 2 is 1.84 bits per heavy atom. The first-order chi connectivity index (χ1) is 8.69. The van der Waals surface area contributed by atoms with E-state index in [4.69, 9.17) is 11.6 Å². The van der Waals surface area contributed by atoms with Gasteiger partial charge in [-0.1, -0.05) is 43.4 Å². The van der Waals surface area contributed by atoms with Gasteiger partial charge < -0.3 is 0 Å². The average molecular weight is 318 g/mol. The normalized spacial score (nSPS) is 23.4. The highest BCUT2D eigenvalue weighted by atomic mass is 35.5. The quantitative estimate of drug-likeness (QED) is 0.617. The number of nitrogens with zero attached hydrogens (tertiary/aromatic N) is 1. The van der Waals surface area contributed by atoms with E-state index in [2.05, 4.69) is 19.6 Å². The molecule has 6 heteroatoms. The van der Waals surface area contributed by atoms with E-state index in [9.17, 15) is 8.42 Å². The Labute approximate surface area is 121 Å². The summed E-state index contributed by atoms with van der Waals surface area (Å²) in [6.45, 7) is 7.19. The molecule has 1 saturated heterocycles. The van der Waals surface area contributed by atoms with Crippen LogP contribution in [-0.4, -0.2) is 33.1 Å². The van der Waals surface area contributed by atoms with Crippen LogP contribution in [-0.2, 0) is 10.0 Å². The minimum atomic E-state index is -3.09. The molecule has 0 aliphatic carbocycles. The Balaban J connectivity index is 2.00. The minimum Gasteiger partial charge on any atom is -0.212 e. The Hall–Kier alpha value is -0.363. The SMILES string of the molecule is C[Si](C)(C)CCS(=O)(=O)N1CC1c1ccc(Cl)cc1. The third-order valence-electron chi connectivity index (χ3n) is 3.29. The number of sulfonamides is 1. The van der Waals surface area contributed by atoms with Crippen LogP contribution >= 0.6 is 11.6 Å². The summed E-state index contributed by atoms with van der Waals surface area (Å²) in [6, 6.07) is 8.26. The van der Waals surface area contributed by atoms with Crippen molar-refractivity contribution in [1.29, 1.82) is 0 Å². The van der Waals surface area contributed by atoms with Gasteiger partial charge in [-0.05, 0) is 23.7 Å². The Kier molecular flexibility index (Phi) is 4.12. The molecule has 0 radical (unpaired) electrons. The third kappa shape index (κ3) is 4.05. The first-order valence-corrected chi connectivity index (χ1v) is 12.1. The summed E-state index contributed by atoms with van der Waals surface area (Å²) >= 11 is 5.84. The summed E-state index contributed by atoms with van der Waals surface area (Å²) in [5, 5.41) is 0.678. The van der Waals surface area contributed by atoms with Crippen LogP contribution < -0.4 is 0 Å². The van der Waals surface area contributed by atoms with Gasteiger partial charge in [-0.25, -0.2) is 8.42 Å². The predicted molar refractivity (Wildman–Crippen MR) is 82.8 cm³/mol. The number of benzene rings is 1. The molecule has 1 fully saturated rings. The molecule has 1 aromatic rings. The van der Waals surface area contributed by atoms with Crippen molar-refractivity contribution in [3.05, 3.63) is 34.9 Å². The molecule has 0 spiro atoms.